The van der Waals surface area contributed by atoms with Gasteiger partial charge in [-0.05, 0) is 43.7 Å². The first kappa shape index (κ1) is 20.4. The number of phenols is 1. The molecule has 2 rings (SSSR count). The van der Waals surface area contributed by atoms with Gasteiger partial charge in [-0.2, -0.15) is 5.10 Å². The second kappa shape index (κ2) is 10.3. The fourth-order valence-corrected chi connectivity index (χ4v) is 2.35. The van der Waals surface area contributed by atoms with Crippen LogP contribution in [0.5, 0.6) is 23.0 Å². The average Bonchev–Trinajstić information content (AvgIpc) is 2.65. The number of carbonyl (C=O) groups excluding carboxylic acids is 1. The average molecular weight is 393 g/mol. The monoisotopic (exact) mass is 392 g/mol. The van der Waals surface area contributed by atoms with Crippen LogP contribution in [0.4, 0.5) is 0 Å². The van der Waals surface area contributed by atoms with Crippen LogP contribution in [0.3, 0.4) is 0 Å². The maximum atomic E-state index is 11.9. The third-order valence-electron chi connectivity index (χ3n) is 3.26. The van der Waals surface area contributed by atoms with E-state index in [0.29, 0.717) is 30.3 Å². The van der Waals surface area contributed by atoms with Gasteiger partial charge in [0.15, 0.2) is 29.6 Å². The number of aromatic hydroxyl groups is 1. The third kappa shape index (κ3) is 6.07. The van der Waals surface area contributed by atoms with Crippen LogP contribution in [0.1, 0.15) is 19.4 Å². The molecule has 0 saturated heterocycles. The van der Waals surface area contributed by atoms with E-state index >= 15 is 0 Å². The summed E-state index contributed by atoms with van der Waals surface area (Å²) in [6.45, 7) is 4.31. The fourth-order valence-electron chi connectivity index (χ4n) is 2.13. The summed E-state index contributed by atoms with van der Waals surface area (Å²) in [5.74, 6) is 0.714. The summed E-state index contributed by atoms with van der Waals surface area (Å²) in [5, 5.41) is 13.8. The minimum atomic E-state index is -0.438. The van der Waals surface area contributed by atoms with Gasteiger partial charge in [0.2, 0.25) is 0 Å². The first-order valence-electron chi connectivity index (χ1n) is 8.37. The number of halogens is 1. The number of amides is 1. The van der Waals surface area contributed by atoms with E-state index in [1.54, 1.807) is 31.2 Å². The van der Waals surface area contributed by atoms with E-state index in [1.165, 1.54) is 12.3 Å². The highest BCUT2D eigenvalue weighted by Gasteiger charge is 2.09. The van der Waals surface area contributed by atoms with Gasteiger partial charge in [0, 0.05) is 0 Å². The van der Waals surface area contributed by atoms with Gasteiger partial charge in [0.1, 0.15) is 0 Å². The zero-order valence-corrected chi connectivity index (χ0v) is 15.8. The van der Waals surface area contributed by atoms with Crippen molar-refractivity contribution in [3.8, 4) is 23.0 Å². The second-order valence-corrected chi connectivity index (χ2v) is 5.65. The first-order valence-corrected chi connectivity index (χ1v) is 8.74. The van der Waals surface area contributed by atoms with Crippen molar-refractivity contribution >= 4 is 23.7 Å². The molecule has 0 fully saturated rings. The molecular weight excluding hydrogens is 372 g/mol. The van der Waals surface area contributed by atoms with E-state index in [-0.39, 0.29) is 23.1 Å². The highest BCUT2D eigenvalue weighted by Crippen LogP contribution is 2.34. The zero-order chi connectivity index (χ0) is 19.6. The Labute approximate surface area is 162 Å². The number of nitrogens with zero attached hydrogens (tertiary/aromatic N) is 1. The van der Waals surface area contributed by atoms with Crippen LogP contribution in [-0.4, -0.2) is 37.0 Å². The minimum absolute atomic E-state index is 0.129. The molecule has 27 heavy (non-hydrogen) atoms. The van der Waals surface area contributed by atoms with Gasteiger partial charge in [-0.1, -0.05) is 23.7 Å². The molecule has 0 aliphatic heterocycles. The van der Waals surface area contributed by atoms with Crippen molar-refractivity contribution in [1.29, 1.82) is 0 Å². The van der Waals surface area contributed by atoms with Crippen LogP contribution in [-0.2, 0) is 4.79 Å². The van der Waals surface area contributed by atoms with E-state index in [9.17, 15) is 9.90 Å². The maximum Gasteiger partial charge on any atom is 0.277 e. The van der Waals surface area contributed by atoms with Gasteiger partial charge in [-0.15, -0.1) is 0 Å². The molecule has 0 bridgehead atoms. The molecule has 2 N–H and O–H groups in total. The summed E-state index contributed by atoms with van der Waals surface area (Å²) in [7, 11) is 0. The van der Waals surface area contributed by atoms with Crippen molar-refractivity contribution in [3.05, 3.63) is 47.0 Å². The molecule has 0 unspecified atom stereocenters. The molecule has 0 aromatic heterocycles. The molecule has 1 amide bonds. The molecule has 0 aliphatic rings. The first-order chi connectivity index (χ1) is 13.0. The third-order valence-corrected chi connectivity index (χ3v) is 3.55. The lowest BCUT2D eigenvalue weighted by Crippen LogP contribution is -2.24. The van der Waals surface area contributed by atoms with Crippen LogP contribution in [0, 0.1) is 0 Å². The molecule has 0 atom stereocenters. The van der Waals surface area contributed by atoms with Gasteiger partial charge in [0.05, 0.1) is 24.5 Å². The largest absolute Gasteiger partial charge is 0.503 e. The second-order valence-electron chi connectivity index (χ2n) is 5.24. The van der Waals surface area contributed by atoms with E-state index in [2.05, 4.69) is 10.5 Å². The fraction of sp³-hybridized carbons (Fsp3) is 0.263. The van der Waals surface area contributed by atoms with Gasteiger partial charge < -0.3 is 19.3 Å². The molecular formula is C19H21ClN2O5. The van der Waals surface area contributed by atoms with Crippen molar-refractivity contribution in [2.45, 2.75) is 13.8 Å². The molecule has 0 spiro atoms. The van der Waals surface area contributed by atoms with Crippen LogP contribution < -0.4 is 19.6 Å². The highest BCUT2D eigenvalue weighted by atomic mass is 35.5. The number of hydrogen-bond donors (Lipinski definition) is 2. The van der Waals surface area contributed by atoms with Gasteiger partial charge in [-0.3, -0.25) is 4.79 Å². The summed E-state index contributed by atoms with van der Waals surface area (Å²) in [5.41, 5.74) is 2.92. The quantitative estimate of drug-likeness (QED) is 0.504. The van der Waals surface area contributed by atoms with Crippen molar-refractivity contribution in [2.75, 3.05) is 19.8 Å². The number of benzene rings is 2. The Morgan fingerprint density at radius 2 is 1.74 bits per heavy atom. The predicted molar refractivity (Wildman–Crippen MR) is 103 cm³/mol. The van der Waals surface area contributed by atoms with Crippen molar-refractivity contribution in [2.24, 2.45) is 5.10 Å². The molecule has 0 radical (unpaired) electrons. The van der Waals surface area contributed by atoms with Crippen LogP contribution in [0.25, 0.3) is 0 Å². The number of para-hydroxylation sites is 2. The number of rotatable bonds is 9. The summed E-state index contributed by atoms with van der Waals surface area (Å²) in [4.78, 5) is 11.9. The standard InChI is InChI=1S/C19H21ClN2O5/c1-3-25-15-7-5-6-8-16(15)27-12-18(23)22-21-11-13-9-14(20)19(24)17(10-13)26-4-2/h5-11,24H,3-4,12H2,1-2H3,(H,22,23)/b21-11+. The lowest BCUT2D eigenvalue weighted by atomic mass is 10.2. The highest BCUT2D eigenvalue weighted by molar-refractivity contribution is 6.32. The smallest absolute Gasteiger partial charge is 0.277 e. The normalized spacial score (nSPS) is 10.6. The SMILES string of the molecule is CCOc1ccccc1OCC(=O)N/N=C/c1cc(Cl)c(O)c(OCC)c1. The van der Waals surface area contributed by atoms with E-state index in [4.69, 9.17) is 25.8 Å². The molecule has 2 aromatic rings. The van der Waals surface area contributed by atoms with Crippen molar-refractivity contribution < 1.29 is 24.1 Å². The van der Waals surface area contributed by atoms with Crippen molar-refractivity contribution in [3.63, 3.8) is 0 Å². The number of nitrogens with one attached hydrogen (secondary N) is 1. The van der Waals surface area contributed by atoms with Gasteiger partial charge in [0.25, 0.3) is 5.91 Å². The Kier molecular flexibility index (Phi) is 7.76. The Morgan fingerprint density at radius 1 is 1.11 bits per heavy atom. The number of ether oxygens (including phenoxy) is 3. The summed E-state index contributed by atoms with van der Waals surface area (Å²) < 4.78 is 16.2. The molecule has 7 nitrogen and oxygen atoms in total. The molecule has 0 saturated carbocycles. The van der Waals surface area contributed by atoms with Gasteiger partial charge in [-0.25, -0.2) is 5.43 Å². The van der Waals surface area contributed by atoms with Crippen LogP contribution >= 0.6 is 11.6 Å². The number of carbonyl (C=O) groups is 1. The number of hydrogen-bond acceptors (Lipinski definition) is 6. The zero-order valence-electron chi connectivity index (χ0n) is 15.1. The molecule has 0 heterocycles. The molecule has 2 aromatic carbocycles. The van der Waals surface area contributed by atoms with Gasteiger partial charge >= 0.3 is 0 Å². The summed E-state index contributed by atoms with van der Waals surface area (Å²) >= 11 is 5.94. The molecule has 144 valence electrons. The summed E-state index contributed by atoms with van der Waals surface area (Å²) in [6, 6.07) is 10.2. The predicted octanol–water partition coefficient (Wildman–Crippen LogP) is 3.37. The Bertz CT molecular complexity index is 811. The Hall–Kier alpha value is -2.93. The topological polar surface area (TPSA) is 89.4 Å². The number of hydrazone groups is 1. The molecule has 8 heteroatoms. The Morgan fingerprint density at radius 3 is 2.41 bits per heavy atom. The molecule has 0 aliphatic carbocycles. The maximum absolute atomic E-state index is 11.9. The van der Waals surface area contributed by atoms with Crippen molar-refractivity contribution in [1.82, 2.24) is 5.43 Å². The minimum Gasteiger partial charge on any atom is -0.503 e. The van der Waals surface area contributed by atoms with Crippen LogP contribution in [0.2, 0.25) is 5.02 Å². The van der Waals surface area contributed by atoms with E-state index in [1.807, 2.05) is 13.0 Å². The lowest BCUT2D eigenvalue weighted by molar-refractivity contribution is -0.123. The Balaban J connectivity index is 1.92. The van der Waals surface area contributed by atoms with E-state index in [0.717, 1.165) is 0 Å². The number of phenolic OH excluding ortho intramolecular Hbond substituents is 1. The summed E-state index contributed by atoms with van der Waals surface area (Å²) in [6.07, 6.45) is 1.39. The van der Waals surface area contributed by atoms with E-state index < -0.39 is 5.91 Å². The van der Waals surface area contributed by atoms with Crippen LogP contribution in [0.15, 0.2) is 41.5 Å². The lowest BCUT2D eigenvalue weighted by Gasteiger charge is -2.10.